The topological polar surface area (TPSA) is 60.8 Å². The maximum absolute atomic E-state index is 10.9. The Hall–Kier alpha value is -1.03. The van der Waals surface area contributed by atoms with Crippen LogP contribution in [0.1, 0.15) is 27.2 Å². The lowest BCUT2D eigenvalue weighted by Crippen LogP contribution is -2.46. The molecule has 82 valence electrons. The first-order valence-electron chi connectivity index (χ1n) is 4.60. The van der Waals surface area contributed by atoms with E-state index in [0.717, 1.165) is 0 Å². The van der Waals surface area contributed by atoms with Crippen molar-refractivity contribution in [3.63, 3.8) is 0 Å². The molecule has 1 atom stereocenters. The van der Waals surface area contributed by atoms with Gasteiger partial charge in [0.15, 0.2) is 0 Å². The Morgan fingerprint density at radius 1 is 1.57 bits per heavy atom. The molecular weight excluding hydrogens is 182 g/mol. The highest BCUT2D eigenvalue weighted by molar-refractivity contribution is 5.65. The summed E-state index contributed by atoms with van der Waals surface area (Å²) in [5.41, 5.74) is -0.438. The van der Waals surface area contributed by atoms with E-state index in [0.29, 0.717) is 13.0 Å². The second-order valence-electron chi connectivity index (χ2n) is 4.20. The van der Waals surface area contributed by atoms with E-state index in [1.807, 2.05) is 20.8 Å². The largest absolute Gasteiger partial charge is 0.465 e. The van der Waals surface area contributed by atoms with E-state index in [4.69, 9.17) is 5.11 Å². The summed E-state index contributed by atoms with van der Waals surface area (Å²) in [5, 5.41) is 18.1. The molecule has 4 heteroatoms. The third-order valence-electron chi connectivity index (χ3n) is 1.96. The monoisotopic (exact) mass is 201 g/mol. The molecule has 0 aromatic carbocycles. The number of nitrogens with zero attached hydrogens (tertiary/aromatic N) is 1. The van der Waals surface area contributed by atoms with Crippen LogP contribution in [0.5, 0.6) is 0 Å². The van der Waals surface area contributed by atoms with Gasteiger partial charge in [-0.3, -0.25) is 0 Å². The van der Waals surface area contributed by atoms with Crippen LogP contribution >= 0.6 is 0 Å². The summed E-state index contributed by atoms with van der Waals surface area (Å²) >= 11 is 0. The maximum Gasteiger partial charge on any atom is 0.407 e. The predicted molar refractivity (Wildman–Crippen MR) is 55.3 cm³/mol. The first kappa shape index (κ1) is 13.0. The van der Waals surface area contributed by atoms with Gasteiger partial charge in [0.2, 0.25) is 0 Å². The van der Waals surface area contributed by atoms with Crippen LogP contribution in [0.4, 0.5) is 4.79 Å². The number of aliphatic hydroxyl groups excluding tert-OH is 1. The van der Waals surface area contributed by atoms with Gasteiger partial charge >= 0.3 is 6.09 Å². The first-order valence-corrected chi connectivity index (χ1v) is 4.60. The fraction of sp³-hybridized carbons (Fsp3) is 0.700. The Balaban J connectivity index is 4.26. The lowest BCUT2D eigenvalue weighted by atomic mass is 10.1. The molecule has 0 aliphatic heterocycles. The number of hydrogen-bond donors (Lipinski definition) is 2. The maximum atomic E-state index is 10.9. The molecule has 0 fully saturated rings. The Kier molecular flexibility index (Phi) is 4.63. The highest BCUT2D eigenvalue weighted by Crippen LogP contribution is 2.14. The summed E-state index contributed by atoms with van der Waals surface area (Å²) in [6, 6.07) is 0. The minimum atomic E-state index is -0.964. The number of aliphatic hydroxyl groups is 1. The van der Waals surface area contributed by atoms with Crippen LogP contribution < -0.4 is 0 Å². The number of carboxylic acid groups (broad SMARTS) is 1. The van der Waals surface area contributed by atoms with Crippen molar-refractivity contribution >= 4 is 6.09 Å². The molecule has 0 aliphatic rings. The van der Waals surface area contributed by atoms with E-state index < -0.39 is 17.7 Å². The highest BCUT2D eigenvalue weighted by atomic mass is 16.4. The van der Waals surface area contributed by atoms with E-state index in [2.05, 4.69) is 6.58 Å². The van der Waals surface area contributed by atoms with Crippen molar-refractivity contribution in [2.24, 2.45) is 0 Å². The molecule has 0 spiro atoms. The van der Waals surface area contributed by atoms with Gasteiger partial charge in [-0.1, -0.05) is 6.08 Å². The van der Waals surface area contributed by atoms with Crippen LogP contribution in [-0.2, 0) is 0 Å². The molecule has 2 N–H and O–H groups in total. The molecule has 0 aromatic heterocycles. The normalized spacial score (nSPS) is 13.4. The van der Waals surface area contributed by atoms with Crippen molar-refractivity contribution in [3.8, 4) is 0 Å². The number of carbonyl (C=O) groups is 1. The van der Waals surface area contributed by atoms with Gasteiger partial charge in [-0.15, -0.1) is 6.58 Å². The molecule has 0 aliphatic carbocycles. The fourth-order valence-corrected chi connectivity index (χ4v) is 1.10. The van der Waals surface area contributed by atoms with Crippen molar-refractivity contribution in [3.05, 3.63) is 12.7 Å². The fourth-order valence-electron chi connectivity index (χ4n) is 1.10. The molecule has 0 radical (unpaired) electrons. The zero-order valence-corrected chi connectivity index (χ0v) is 9.03. The molecule has 1 amide bonds. The Bertz CT molecular complexity index is 208. The average molecular weight is 201 g/mol. The summed E-state index contributed by atoms with van der Waals surface area (Å²) in [6.45, 7) is 9.20. The molecule has 0 aromatic rings. The van der Waals surface area contributed by atoms with Gasteiger partial charge in [0, 0.05) is 12.1 Å². The van der Waals surface area contributed by atoms with E-state index in [9.17, 15) is 9.90 Å². The zero-order chi connectivity index (χ0) is 11.4. The van der Waals surface area contributed by atoms with Gasteiger partial charge in [0.1, 0.15) is 0 Å². The van der Waals surface area contributed by atoms with Crippen LogP contribution in [0, 0.1) is 0 Å². The number of hydrogen-bond acceptors (Lipinski definition) is 2. The van der Waals surface area contributed by atoms with E-state index in [1.54, 1.807) is 0 Å². The average Bonchev–Trinajstić information content (AvgIpc) is 2.01. The van der Waals surface area contributed by atoms with Gasteiger partial charge in [0.05, 0.1) is 6.10 Å². The van der Waals surface area contributed by atoms with Crippen molar-refractivity contribution in [2.45, 2.75) is 38.8 Å². The summed E-state index contributed by atoms with van der Waals surface area (Å²) in [4.78, 5) is 12.2. The van der Waals surface area contributed by atoms with Crippen molar-refractivity contribution in [2.75, 3.05) is 6.54 Å². The van der Waals surface area contributed by atoms with Crippen molar-refractivity contribution < 1.29 is 15.0 Å². The Morgan fingerprint density at radius 3 is 2.36 bits per heavy atom. The third kappa shape index (κ3) is 4.28. The van der Waals surface area contributed by atoms with Gasteiger partial charge < -0.3 is 15.1 Å². The summed E-state index contributed by atoms with van der Waals surface area (Å²) in [6.07, 6.45) is 0.184. The van der Waals surface area contributed by atoms with E-state index in [-0.39, 0.29) is 0 Å². The predicted octanol–water partition coefficient (Wildman–Crippen LogP) is 1.70. The van der Waals surface area contributed by atoms with Crippen LogP contribution in [-0.4, -0.2) is 39.4 Å². The quantitative estimate of drug-likeness (QED) is 0.680. The van der Waals surface area contributed by atoms with Gasteiger partial charge in [0.25, 0.3) is 0 Å². The zero-order valence-electron chi connectivity index (χ0n) is 9.03. The summed E-state index contributed by atoms with van der Waals surface area (Å²) in [5.74, 6) is 0. The first-order chi connectivity index (χ1) is 6.29. The third-order valence-corrected chi connectivity index (χ3v) is 1.96. The molecule has 0 saturated carbocycles. The molecule has 0 rings (SSSR count). The van der Waals surface area contributed by atoms with Crippen molar-refractivity contribution in [1.82, 2.24) is 4.90 Å². The van der Waals surface area contributed by atoms with Crippen molar-refractivity contribution in [1.29, 1.82) is 0 Å². The second-order valence-corrected chi connectivity index (χ2v) is 4.20. The molecule has 0 bridgehead atoms. The van der Waals surface area contributed by atoms with E-state index >= 15 is 0 Å². The number of rotatable bonds is 4. The lowest BCUT2D eigenvalue weighted by Gasteiger charge is -2.33. The molecule has 4 nitrogen and oxygen atoms in total. The van der Waals surface area contributed by atoms with Gasteiger partial charge in [-0.25, -0.2) is 4.79 Å². The molecule has 0 unspecified atom stereocenters. The Morgan fingerprint density at radius 2 is 2.07 bits per heavy atom. The number of amides is 1. The minimum Gasteiger partial charge on any atom is -0.465 e. The molecule has 0 heterocycles. The van der Waals surface area contributed by atoms with Gasteiger partial charge in [-0.2, -0.15) is 0 Å². The SMILES string of the molecule is C=C[C@H](O)CCN(C(=O)O)C(C)(C)C. The highest BCUT2D eigenvalue weighted by Gasteiger charge is 2.25. The summed E-state index contributed by atoms with van der Waals surface area (Å²) in [7, 11) is 0. The van der Waals surface area contributed by atoms with Gasteiger partial charge in [-0.05, 0) is 27.2 Å². The smallest absolute Gasteiger partial charge is 0.407 e. The molecule has 0 saturated heterocycles. The van der Waals surface area contributed by atoms with Crippen LogP contribution in [0.25, 0.3) is 0 Å². The second kappa shape index (κ2) is 5.00. The van der Waals surface area contributed by atoms with Crippen LogP contribution in [0.3, 0.4) is 0 Å². The lowest BCUT2D eigenvalue weighted by molar-refractivity contribution is 0.0895. The van der Waals surface area contributed by atoms with Crippen LogP contribution in [0.2, 0.25) is 0 Å². The van der Waals surface area contributed by atoms with Crippen LogP contribution in [0.15, 0.2) is 12.7 Å². The minimum absolute atomic E-state index is 0.312. The molecular formula is C10H19NO3. The summed E-state index contributed by atoms with van der Waals surface area (Å²) < 4.78 is 0. The standard InChI is InChI=1S/C10H19NO3/c1-5-8(12)6-7-11(9(13)14)10(2,3)4/h5,8,12H,1,6-7H2,2-4H3,(H,13,14)/t8-/m0/s1. The van der Waals surface area contributed by atoms with E-state index in [1.165, 1.54) is 11.0 Å². The Labute approximate surface area is 84.8 Å². The molecule has 14 heavy (non-hydrogen) atoms.